The lowest BCUT2D eigenvalue weighted by Crippen LogP contribution is -2.42. The van der Waals surface area contributed by atoms with E-state index in [1.807, 2.05) is 6.92 Å². The summed E-state index contributed by atoms with van der Waals surface area (Å²) in [5, 5.41) is 3.39. The van der Waals surface area contributed by atoms with Crippen LogP contribution in [0.3, 0.4) is 0 Å². The van der Waals surface area contributed by atoms with Crippen molar-refractivity contribution in [3.8, 4) is 0 Å². The third kappa shape index (κ3) is 3.84. The van der Waals surface area contributed by atoms with Crippen LogP contribution in [0.15, 0.2) is 24.3 Å². The fourth-order valence-corrected chi connectivity index (χ4v) is 2.01. The van der Waals surface area contributed by atoms with E-state index in [2.05, 4.69) is 43.4 Å². The molecule has 0 saturated heterocycles. The first-order valence-corrected chi connectivity index (χ1v) is 6.49. The van der Waals surface area contributed by atoms with Gasteiger partial charge < -0.3 is 4.90 Å². The Hall–Kier alpha value is -1.35. The van der Waals surface area contributed by atoms with Crippen LogP contribution >= 0.6 is 0 Å². The molecule has 1 amide bonds. The van der Waals surface area contributed by atoms with E-state index >= 15 is 0 Å². The van der Waals surface area contributed by atoms with Gasteiger partial charge in [-0.15, -0.1) is 0 Å². The molecule has 18 heavy (non-hydrogen) atoms. The number of carbonyl (C=O) groups is 1. The Labute approximate surface area is 110 Å². The number of nitrogens with zero attached hydrogens (tertiary/aromatic N) is 1. The maximum atomic E-state index is 11.8. The summed E-state index contributed by atoms with van der Waals surface area (Å²) in [6, 6.07) is 8.54. The molecule has 0 aliphatic carbocycles. The molecule has 0 fully saturated rings. The van der Waals surface area contributed by atoms with Gasteiger partial charge in [0.05, 0.1) is 6.04 Å². The molecule has 3 nitrogen and oxygen atoms in total. The smallest absolute Gasteiger partial charge is 0.238 e. The first-order valence-electron chi connectivity index (χ1n) is 6.49. The summed E-state index contributed by atoms with van der Waals surface area (Å²) in [6.45, 7) is 6.12. The molecular weight excluding hydrogens is 224 g/mol. The molecule has 0 heterocycles. The van der Waals surface area contributed by atoms with Gasteiger partial charge in [0, 0.05) is 20.1 Å². The molecule has 0 aliphatic rings. The highest BCUT2D eigenvalue weighted by atomic mass is 16.2. The van der Waals surface area contributed by atoms with E-state index < -0.39 is 0 Å². The van der Waals surface area contributed by atoms with E-state index in [-0.39, 0.29) is 18.0 Å². The zero-order valence-corrected chi connectivity index (χ0v) is 12.0. The van der Waals surface area contributed by atoms with Crippen molar-refractivity contribution in [1.82, 2.24) is 10.2 Å². The van der Waals surface area contributed by atoms with E-state index in [9.17, 15) is 4.79 Å². The van der Waals surface area contributed by atoms with Gasteiger partial charge in [0.25, 0.3) is 0 Å². The summed E-state index contributed by atoms with van der Waals surface area (Å²) >= 11 is 0. The Morgan fingerprint density at radius 3 is 2.28 bits per heavy atom. The van der Waals surface area contributed by atoms with Crippen LogP contribution in [0.2, 0.25) is 0 Å². The molecule has 0 aliphatic heterocycles. The second kappa shape index (κ2) is 6.55. The molecule has 2 unspecified atom stereocenters. The van der Waals surface area contributed by atoms with Crippen LogP contribution in [0.4, 0.5) is 0 Å². The minimum absolute atomic E-state index is 0.112. The van der Waals surface area contributed by atoms with Gasteiger partial charge >= 0.3 is 0 Å². The van der Waals surface area contributed by atoms with Crippen molar-refractivity contribution in [3.05, 3.63) is 35.4 Å². The minimum Gasteiger partial charge on any atom is -0.347 e. The van der Waals surface area contributed by atoms with Crippen molar-refractivity contribution in [3.63, 3.8) is 0 Å². The summed E-state index contributed by atoms with van der Waals surface area (Å²) in [5.74, 6) is 0.112. The lowest BCUT2D eigenvalue weighted by atomic mass is 10.0. The monoisotopic (exact) mass is 248 g/mol. The highest BCUT2D eigenvalue weighted by molar-refractivity contribution is 5.80. The van der Waals surface area contributed by atoms with Gasteiger partial charge in [-0.1, -0.05) is 36.8 Å². The fraction of sp³-hybridized carbons (Fsp3) is 0.533. The van der Waals surface area contributed by atoms with Crippen LogP contribution in [0.5, 0.6) is 0 Å². The number of aryl methyl sites for hydroxylation is 1. The molecule has 0 bridgehead atoms. The predicted molar refractivity (Wildman–Crippen MR) is 75.5 cm³/mol. The van der Waals surface area contributed by atoms with Gasteiger partial charge in [0.1, 0.15) is 0 Å². The van der Waals surface area contributed by atoms with Gasteiger partial charge in [0.15, 0.2) is 0 Å². The molecule has 0 aromatic heterocycles. The quantitative estimate of drug-likeness (QED) is 0.868. The average molecular weight is 248 g/mol. The van der Waals surface area contributed by atoms with Crippen LogP contribution < -0.4 is 5.32 Å². The number of carbonyl (C=O) groups excluding carboxylic acids is 1. The van der Waals surface area contributed by atoms with E-state index in [4.69, 9.17) is 0 Å². The van der Waals surface area contributed by atoms with Crippen LogP contribution in [0.1, 0.15) is 37.4 Å². The Morgan fingerprint density at radius 1 is 1.28 bits per heavy atom. The molecule has 0 saturated carbocycles. The lowest BCUT2D eigenvalue weighted by molar-refractivity contribution is -0.130. The molecule has 1 aromatic rings. The van der Waals surface area contributed by atoms with Crippen LogP contribution in [0, 0.1) is 6.92 Å². The number of rotatable bonds is 5. The average Bonchev–Trinajstić information content (AvgIpc) is 2.35. The fourth-order valence-electron chi connectivity index (χ4n) is 2.01. The summed E-state index contributed by atoms with van der Waals surface area (Å²) < 4.78 is 0. The van der Waals surface area contributed by atoms with Crippen molar-refractivity contribution in [1.29, 1.82) is 0 Å². The minimum atomic E-state index is -0.161. The van der Waals surface area contributed by atoms with Gasteiger partial charge in [-0.3, -0.25) is 10.1 Å². The van der Waals surface area contributed by atoms with Crippen LogP contribution in [0.25, 0.3) is 0 Å². The number of nitrogens with one attached hydrogen (secondary N) is 1. The van der Waals surface area contributed by atoms with E-state index in [0.29, 0.717) is 0 Å². The largest absolute Gasteiger partial charge is 0.347 e. The van der Waals surface area contributed by atoms with Gasteiger partial charge in [-0.05, 0) is 25.8 Å². The molecule has 100 valence electrons. The SMILES string of the molecule is CCC(NC(C)C(=O)N(C)C)c1ccc(C)cc1. The first-order chi connectivity index (χ1) is 8.45. The van der Waals surface area contributed by atoms with Crippen molar-refractivity contribution < 1.29 is 4.79 Å². The standard InChI is InChI=1S/C15H24N2O/c1-6-14(13-9-7-11(2)8-10-13)16-12(3)15(18)17(4)5/h7-10,12,14,16H,6H2,1-5H3. The summed E-state index contributed by atoms with van der Waals surface area (Å²) in [7, 11) is 3.57. The Kier molecular flexibility index (Phi) is 5.35. The molecule has 1 N–H and O–H groups in total. The van der Waals surface area contributed by atoms with Gasteiger partial charge in [-0.25, -0.2) is 0 Å². The zero-order valence-electron chi connectivity index (χ0n) is 12.0. The number of amides is 1. The van der Waals surface area contributed by atoms with E-state index in [0.717, 1.165) is 6.42 Å². The van der Waals surface area contributed by atoms with E-state index in [1.54, 1.807) is 19.0 Å². The van der Waals surface area contributed by atoms with Gasteiger partial charge in [-0.2, -0.15) is 0 Å². The number of benzene rings is 1. The molecular formula is C15H24N2O. The summed E-state index contributed by atoms with van der Waals surface area (Å²) in [6.07, 6.45) is 0.966. The molecule has 2 atom stereocenters. The van der Waals surface area contributed by atoms with Gasteiger partial charge in [0.2, 0.25) is 5.91 Å². The molecule has 0 radical (unpaired) electrons. The van der Waals surface area contributed by atoms with Crippen molar-refractivity contribution >= 4 is 5.91 Å². The molecule has 1 rings (SSSR count). The summed E-state index contributed by atoms with van der Waals surface area (Å²) in [5.41, 5.74) is 2.49. The Morgan fingerprint density at radius 2 is 1.83 bits per heavy atom. The number of likely N-dealkylation sites (N-methyl/N-ethyl adjacent to an activating group) is 1. The second-order valence-electron chi connectivity index (χ2n) is 4.99. The summed E-state index contributed by atoms with van der Waals surface area (Å²) in [4.78, 5) is 13.5. The van der Waals surface area contributed by atoms with Crippen molar-refractivity contribution in [2.75, 3.05) is 14.1 Å². The van der Waals surface area contributed by atoms with Crippen molar-refractivity contribution in [2.24, 2.45) is 0 Å². The maximum absolute atomic E-state index is 11.8. The normalized spacial score (nSPS) is 14.1. The molecule has 0 spiro atoms. The number of hydrogen-bond acceptors (Lipinski definition) is 2. The van der Waals surface area contributed by atoms with E-state index in [1.165, 1.54) is 11.1 Å². The number of hydrogen-bond donors (Lipinski definition) is 1. The topological polar surface area (TPSA) is 32.3 Å². The lowest BCUT2D eigenvalue weighted by Gasteiger charge is -2.24. The molecule has 3 heteroatoms. The first kappa shape index (κ1) is 14.7. The highest BCUT2D eigenvalue weighted by Gasteiger charge is 2.19. The van der Waals surface area contributed by atoms with Crippen molar-refractivity contribution in [2.45, 2.75) is 39.3 Å². The highest BCUT2D eigenvalue weighted by Crippen LogP contribution is 2.18. The second-order valence-corrected chi connectivity index (χ2v) is 4.99. The Bertz CT molecular complexity index is 384. The third-order valence-electron chi connectivity index (χ3n) is 3.15. The van der Waals surface area contributed by atoms with Crippen LogP contribution in [-0.2, 0) is 4.79 Å². The third-order valence-corrected chi connectivity index (χ3v) is 3.15. The van der Waals surface area contributed by atoms with Crippen LogP contribution in [-0.4, -0.2) is 30.9 Å². The molecule has 1 aromatic carbocycles. The predicted octanol–water partition coefficient (Wildman–Crippen LogP) is 2.51. The Balaban J connectivity index is 2.73. The zero-order chi connectivity index (χ0) is 13.7. The maximum Gasteiger partial charge on any atom is 0.238 e.